The maximum Gasteiger partial charge on any atom is 0.362 e. The summed E-state index contributed by atoms with van der Waals surface area (Å²) in [4.78, 5) is 13.0. The van der Waals surface area contributed by atoms with E-state index in [4.69, 9.17) is 21.4 Å². The summed E-state index contributed by atoms with van der Waals surface area (Å²) < 4.78 is 44.5. The first kappa shape index (κ1) is 21.0. The van der Waals surface area contributed by atoms with Crippen LogP contribution in [-0.2, 0) is 9.84 Å². The molecule has 29 heavy (non-hydrogen) atoms. The van der Waals surface area contributed by atoms with Crippen molar-refractivity contribution in [3.63, 3.8) is 0 Å². The van der Waals surface area contributed by atoms with Gasteiger partial charge in [-0.1, -0.05) is 16.8 Å². The Balaban J connectivity index is 1.83. The number of piperidine rings is 1. The van der Waals surface area contributed by atoms with Gasteiger partial charge in [-0.05, 0) is 51.0 Å². The van der Waals surface area contributed by atoms with Crippen molar-refractivity contribution in [1.29, 1.82) is 0 Å². The van der Waals surface area contributed by atoms with Crippen LogP contribution in [0, 0.1) is 17.0 Å². The van der Waals surface area contributed by atoms with Crippen molar-refractivity contribution < 1.29 is 27.4 Å². The van der Waals surface area contributed by atoms with E-state index in [1.165, 1.54) is 6.07 Å². The summed E-state index contributed by atoms with van der Waals surface area (Å²) in [6, 6.07) is 2.43. The molecule has 1 aliphatic rings. The monoisotopic (exact) mass is 442 g/mol. The SMILES string of the molecule is CN1CCC(S(=O)(=O)C#Cc2ccc(Oc3[nH]nnc3C(=O)O)c(F)c2Cl)CC1. The molecular weight excluding hydrogens is 427 g/mol. The molecule has 1 aromatic carbocycles. The lowest BCUT2D eigenvalue weighted by molar-refractivity contribution is 0.0687. The van der Waals surface area contributed by atoms with Crippen LogP contribution in [0.1, 0.15) is 28.9 Å². The Hall–Kier alpha value is -2.68. The molecule has 0 saturated carbocycles. The van der Waals surface area contributed by atoms with Gasteiger partial charge in [0.25, 0.3) is 5.88 Å². The van der Waals surface area contributed by atoms with Crippen LogP contribution >= 0.6 is 11.6 Å². The second-order valence-electron chi connectivity index (χ2n) is 6.41. The lowest BCUT2D eigenvalue weighted by Crippen LogP contribution is -2.36. The average Bonchev–Trinajstić information content (AvgIpc) is 3.14. The Morgan fingerprint density at radius 2 is 2.10 bits per heavy atom. The van der Waals surface area contributed by atoms with Crippen LogP contribution in [-0.4, -0.2) is 65.2 Å². The predicted octanol–water partition coefficient (Wildman–Crippen LogP) is 1.91. The van der Waals surface area contributed by atoms with E-state index in [0.29, 0.717) is 25.9 Å². The van der Waals surface area contributed by atoms with Gasteiger partial charge in [-0.15, -0.1) is 5.10 Å². The Morgan fingerprint density at radius 3 is 2.76 bits per heavy atom. The summed E-state index contributed by atoms with van der Waals surface area (Å²) in [5, 5.41) is 19.0. The molecule has 0 aliphatic carbocycles. The summed E-state index contributed by atoms with van der Waals surface area (Å²) in [6.07, 6.45) is 0.957. The standard InChI is InChI=1S/C17H16ClFN4O5S/c1-23-7-4-11(5-8-23)29(26,27)9-6-10-2-3-12(14(19)13(10)18)28-16-15(17(24)25)20-22-21-16/h2-3,11H,4-5,7-8H2,1H3,(H,24,25)(H,20,21,22). The fourth-order valence-corrected chi connectivity index (χ4v) is 4.21. The van der Waals surface area contributed by atoms with Gasteiger partial charge in [0, 0.05) is 10.8 Å². The number of aromatic carboxylic acids is 1. The second kappa shape index (κ2) is 8.36. The molecule has 0 amide bonds. The number of H-pyrrole nitrogens is 1. The predicted molar refractivity (Wildman–Crippen MR) is 101 cm³/mol. The van der Waals surface area contributed by atoms with Gasteiger partial charge < -0.3 is 14.7 Å². The highest BCUT2D eigenvalue weighted by atomic mass is 35.5. The molecule has 2 heterocycles. The number of ether oxygens (including phenoxy) is 1. The van der Waals surface area contributed by atoms with Gasteiger partial charge in [0.1, 0.15) is 0 Å². The van der Waals surface area contributed by atoms with Crippen molar-refractivity contribution in [3.05, 3.63) is 34.2 Å². The molecule has 1 saturated heterocycles. The third-order valence-electron chi connectivity index (χ3n) is 4.41. The molecule has 2 aromatic rings. The minimum atomic E-state index is -3.69. The molecule has 154 valence electrons. The summed E-state index contributed by atoms with van der Waals surface area (Å²) in [6.45, 7) is 1.32. The lowest BCUT2D eigenvalue weighted by atomic mass is 10.1. The van der Waals surface area contributed by atoms with Gasteiger partial charge in [-0.3, -0.25) is 0 Å². The zero-order valence-corrected chi connectivity index (χ0v) is 16.7. The van der Waals surface area contributed by atoms with Crippen molar-refractivity contribution in [1.82, 2.24) is 20.3 Å². The molecule has 0 radical (unpaired) electrons. The highest BCUT2D eigenvalue weighted by Gasteiger charge is 2.27. The molecule has 0 unspecified atom stereocenters. The molecule has 2 N–H and O–H groups in total. The quantitative estimate of drug-likeness (QED) is 0.688. The van der Waals surface area contributed by atoms with E-state index in [1.54, 1.807) is 0 Å². The number of sulfone groups is 1. The fraction of sp³-hybridized carbons (Fsp3) is 0.353. The summed E-state index contributed by atoms with van der Waals surface area (Å²) in [5.74, 6) is -0.804. The first-order valence-electron chi connectivity index (χ1n) is 8.44. The summed E-state index contributed by atoms with van der Waals surface area (Å²) in [7, 11) is -1.77. The average molecular weight is 443 g/mol. The fourth-order valence-electron chi connectivity index (χ4n) is 2.75. The van der Waals surface area contributed by atoms with Crippen molar-refractivity contribution in [2.24, 2.45) is 0 Å². The van der Waals surface area contributed by atoms with Crippen molar-refractivity contribution in [2.45, 2.75) is 18.1 Å². The zero-order chi connectivity index (χ0) is 21.2. The van der Waals surface area contributed by atoms with Crippen LogP contribution in [0.4, 0.5) is 4.39 Å². The van der Waals surface area contributed by atoms with Crippen LogP contribution in [0.5, 0.6) is 11.6 Å². The maximum atomic E-state index is 14.5. The van der Waals surface area contributed by atoms with Gasteiger partial charge >= 0.3 is 5.97 Å². The first-order chi connectivity index (χ1) is 13.7. The van der Waals surface area contributed by atoms with E-state index in [2.05, 4.69) is 26.6 Å². The number of aromatic amines is 1. The van der Waals surface area contributed by atoms with Crippen LogP contribution in [0.15, 0.2) is 12.1 Å². The maximum absolute atomic E-state index is 14.5. The number of nitrogens with one attached hydrogen (secondary N) is 1. The molecule has 1 fully saturated rings. The summed E-state index contributed by atoms with van der Waals surface area (Å²) >= 11 is 5.96. The highest BCUT2D eigenvalue weighted by Crippen LogP contribution is 2.31. The molecule has 0 atom stereocenters. The third-order valence-corrected chi connectivity index (χ3v) is 6.52. The topological polar surface area (TPSA) is 125 Å². The van der Waals surface area contributed by atoms with E-state index < -0.39 is 43.3 Å². The van der Waals surface area contributed by atoms with Gasteiger partial charge in [0.05, 0.1) is 10.3 Å². The van der Waals surface area contributed by atoms with E-state index in [0.717, 1.165) is 6.07 Å². The number of carbonyl (C=O) groups is 1. The van der Waals surface area contributed by atoms with E-state index in [1.807, 2.05) is 11.9 Å². The third kappa shape index (κ3) is 4.67. The minimum Gasteiger partial charge on any atom is -0.476 e. The number of hydrogen-bond donors (Lipinski definition) is 2. The number of likely N-dealkylation sites (tertiary alicyclic amines) is 1. The molecule has 1 aromatic heterocycles. The number of rotatable bonds is 4. The minimum absolute atomic E-state index is 0.0331. The number of aromatic nitrogens is 3. The van der Waals surface area contributed by atoms with Gasteiger partial charge in [-0.2, -0.15) is 0 Å². The van der Waals surface area contributed by atoms with Crippen molar-refractivity contribution in [2.75, 3.05) is 20.1 Å². The number of carboxylic acids is 1. The molecule has 0 bridgehead atoms. The summed E-state index contributed by atoms with van der Waals surface area (Å²) in [5.41, 5.74) is -0.567. The molecule has 3 rings (SSSR count). The number of carboxylic acid groups (broad SMARTS) is 1. The number of benzene rings is 1. The number of hydrogen-bond acceptors (Lipinski definition) is 7. The molecule has 12 heteroatoms. The Labute approximate surface area is 170 Å². The second-order valence-corrected chi connectivity index (χ2v) is 8.75. The molecular formula is C17H16ClFN4O5S. The van der Waals surface area contributed by atoms with Crippen LogP contribution in [0.2, 0.25) is 5.02 Å². The van der Waals surface area contributed by atoms with E-state index in [-0.39, 0.29) is 11.4 Å². The van der Waals surface area contributed by atoms with Crippen LogP contribution in [0.3, 0.4) is 0 Å². The van der Waals surface area contributed by atoms with Crippen LogP contribution < -0.4 is 4.74 Å². The Bertz CT molecular complexity index is 1100. The Kier molecular flexibility index (Phi) is 6.07. The molecule has 9 nitrogen and oxygen atoms in total. The smallest absolute Gasteiger partial charge is 0.362 e. The van der Waals surface area contributed by atoms with E-state index in [9.17, 15) is 17.6 Å². The molecule has 1 aliphatic heterocycles. The van der Waals surface area contributed by atoms with Crippen LogP contribution in [0.25, 0.3) is 0 Å². The van der Waals surface area contributed by atoms with Gasteiger partial charge in [0.2, 0.25) is 15.5 Å². The van der Waals surface area contributed by atoms with Crippen molar-refractivity contribution in [3.8, 4) is 22.8 Å². The first-order valence-corrected chi connectivity index (χ1v) is 10.4. The van der Waals surface area contributed by atoms with E-state index >= 15 is 0 Å². The normalized spacial score (nSPS) is 15.6. The lowest BCUT2D eigenvalue weighted by Gasteiger charge is -2.27. The largest absolute Gasteiger partial charge is 0.476 e. The highest BCUT2D eigenvalue weighted by molar-refractivity contribution is 7.96. The number of nitrogens with zero attached hydrogens (tertiary/aromatic N) is 3. The Morgan fingerprint density at radius 1 is 1.41 bits per heavy atom. The van der Waals surface area contributed by atoms with Gasteiger partial charge in [-0.25, -0.2) is 22.7 Å². The zero-order valence-electron chi connectivity index (χ0n) is 15.1. The van der Waals surface area contributed by atoms with Gasteiger partial charge in [0.15, 0.2) is 11.6 Å². The van der Waals surface area contributed by atoms with Crippen molar-refractivity contribution >= 4 is 27.4 Å². The number of halogens is 2. The molecule has 0 spiro atoms.